The van der Waals surface area contributed by atoms with Crippen molar-refractivity contribution < 1.29 is 4.79 Å². The molecule has 1 amide bonds. The minimum absolute atomic E-state index is 0.253. The van der Waals surface area contributed by atoms with E-state index in [1.165, 1.54) is 16.4 Å². The summed E-state index contributed by atoms with van der Waals surface area (Å²) < 4.78 is 1.22. The summed E-state index contributed by atoms with van der Waals surface area (Å²) in [5.41, 5.74) is 3.02. The molecule has 0 saturated carbocycles. The number of carbonyl (C=O) groups excluding carboxylic acids is 1. The lowest BCUT2D eigenvalue weighted by molar-refractivity contribution is 0.102. The summed E-state index contributed by atoms with van der Waals surface area (Å²) in [5, 5.41) is 12.3. The van der Waals surface area contributed by atoms with Crippen LogP contribution in [0.15, 0.2) is 61.2 Å². The molecule has 0 radical (unpaired) electrons. The molecule has 0 aliphatic carbocycles. The van der Waals surface area contributed by atoms with Gasteiger partial charge >= 0.3 is 0 Å². The van der Waals surface area contributed by atoms with E-state index in [4.69, 9.17) is 0 Å². The predicted molar refractivity (Wildman–Crippen MR) is 103 cm³/mol. The third-order valence-corrected chi connectivity index (χ3v) is 5.38. The fourth-order valence-corrected chi connectivity index (χ4v) is 4.10. The van der Waals surface area contributed by atoms with Crippen LogP contribution >= 0.6 is 11.3 Å². The second-order valence-corrected chi connectivity index (χ2v) is 7.00. The normalized spacial score (nSPS) is 11.2. The molecule has 5 rings (SSSR count). The lowest BCUT2D eigenvalue weighted by Crippen LogP contribution is -2.12. The Morgan fingerprint density at radius 2 is 2.04 bits per heavy atom. The molecule has 6 nitrogen and oxygen atoms in total. The Labute approximate surface area is 151 Å². The highest BCUT2D eigenvalue weighted by molar-refractivity contribution is 7.22. The number of fused-ring (bicyclic) bond motifs is 2. The van der Waals surface area contributed by atoms with Crippen LogP contribution in [-0.2, 0) is 0 Å². The van der Waals surface area contributed by atoms with Crippen LogP contribution in [0.1, 0.15) is 10.5 Å². The number of hydrogen-bond donors (Lipinski definition) is 3. The fraction of sp³-hybridized carbons (Fsp3) is 0. The van der Waals surface area contributed by atoms with Crippen LogP contribution in [0.25, 0.3) is 31.4 Å². The topological polar surface area (TPSA) is 86.5 Å². The van der Waals surface area contributed by atoms with Crippen LogP contribution in [0.3, 0.4) is 0 Å². The van der Waals surface area contributed by atoms with Gasteiger partial charge in [-0.3, -0.25) is 9.89 Å². The molecule has 0 fully saturated rings. The number of nitrogens with zero attached hydrogens (tertiary/aromatic N) is 2. The number of carbonyl (C=O) groups is 1. The summed E-state index contributed by atoms with van der Waals surface area (Å²) in [6, 6.07) is 14.3. The van der Waals surface area contributed by atoms with Gasteiger partial charge in [-0.25, -0.2) is 4.98 Å². The van der Waals surface area contributed by atoms with Crippen LogP contribution in [0.5, 0.6) is 0 Å². The van der Waals surface area contributed by atoms with E-state index >= 15 is 0 Å². The maximum atomic E-state index is 12.3. The Morgan fingerprint density at radius 3 is 2.88 bits per heavy atom. The van der Waals surface area contributed by atoms with E-state index in [9.17, 15) is 4.79 Å². The third-order valence-electron chi connectivity index (χ3n) is 4.23. The van der Waals surface area contributed by atoms with Crippen molar-refractivity contribution in [3.05, 3.63) is 66.9 Å². The second-order valence-electron chi connectivity index (χ2n) is 5.92. The molecular formula is C19H13N5OS. The molecule has 3 heterocycles. The van der Waals surface area contributed by atoms with Crippen molar-refractivity contribution in [3.8, 4) is 10.4 Å². The van der Waals surface area contributed by atoms with Crippen LogP contribution < -0.4 is 5.32 Å². The van der Waals surface area contributed by atoms with Crippen molar-refractivity contribution in [2.24, 2.45) is 0 Å². The lowest BCUT2D eigenvalue weighted by Gasteiger charge is -2.07. The van der Waals surface area contributed by atoms with Gasteiger partial charge in [-0.15, -0.1) is 11.3 Å². The van der Waals surface area contributed by atoms with E-state index in [0.717, 1.165) is 21.3 Å². The molecule has 26 heavy (non-hydrogen) atoms. The van der Waals surface area contributed by atoms with E-state index in [2.05, 4.69) is 43.7 Å². The summed E-state index contributed by atoms with van der Waals surface area (Å²) in [7, 11) is 0. The number of nitrogens with one attached hydrogen (secondary N) is 3. The molecule has 2 aromatic carbocycles. The predicted octanol–water partition coefficient (Wildman–Crippen LogP) is 4.42. The SMILES string of the molecule is O=C(Nc1cc(-c2cc3ccccc3s2)c2[nH]ncc2c1)c1c[nH]cn1. The summed E-state index contributed by atoms with van der Waals surface area (Å²) in [6.45, 7) is 0. The van der Waals surface area contributed by atoms with Gasteiger partial charge in [-0.1, -0.05) is 18.2 Å². The zero-order chi connectivity index (χ0) is 17.5. The average Bonchev–Trinajstić information content (AvgIpc) is 3.39. The Bertz CT molecular complexity index is 1200. The first kappa shape index (κ1) is 14.9. The van der Waals surface area contributed by atoms with Gasteiger partial charge in [0.05, 0.1) is 18.0 Å². The number of hydrogen-bond acceptors (Lipinski definition) is 4. The average molecular weight is 359 g/mol. The molecule has 7 heteroatoms. The number of imidazole rings is 1. The first-order valence-corrected chi connectivity index (χ1v) is 8.86. The van der Waals surface area contributed by atoms with E-state index in [1.807, 2.05) is 24.3 Å². The van der Waals surface area contributed by atoms with Gasteiger partial charge in [0.25, 0.3) is 5.91 Å². The van der Waals surface area contributed by atoms with Crippen molar-refractivity contribution in [2.45, 2.75) is 0 Å². The Hall–Kier alpha value is -3.45. The molecule has 3 N–H and O–H groups in total. The van der Waals surface area contributed by atoms with Crippen LogP contribution in [0, 0.1) is 0 Å². The van der Waals surface area contributed by atoms with E-state index in [0.29, 0.717) is 11.4 Å². The second kappa shape index (κ2) is 5.82. The van der Waals surface area contributed by atoms with E-state index in [-0.39, 0.29) is 5.91 Å². The molecule has 0 bridgehead atoms. The lowest BCUT2D eigenvalue weighted by atomic mass is 10.1. The van der Waals surface area contributed by atoms with Crippen LogP contribution in [0.2, 0.25) is 0 Å². The van der Waals surface area contributed by atoms with Gasteiger partial charge < -0.3 is 10.3 Å². The molecule has 0 spiro atoms. The maximum absolute atomic E-state index is 12.3. The Kier molecular flexibility index (Phi) is 3.32. The number of aromatic amines is 2. The number of aromatic nitrogens is 4. The molecular weight excluding hydrogens is 346 g/mol. The monoisotopic (exact) mass is 359 g/mol. The maximum Gasteiger partial charge on any atom is 0.275 e. The minimum atomic E-state index is -0.253. The smallest absolute Gasteiger partial charge is 0.275 e. The zero-order valence-corrected chi connectivity index (χ0v) is 14.3. The number of anilines is 1. The van der Waals surface area contributed by atoms with Gasteiger partial charge in [0, 0.05) is 32.4 Å². The first-order valence-electron chi connectivity index (χ1n) is 8.04. The molecule has 5 aromatic rings. The molecule has 0 unspecified atom stereocenters. The Balaban J connectivity index is 1.62. The molecule has 126 valence electrons. The largest absolute Gasteiger partial charge is 0.350 e. The van der Waals surface area contributed by atoms with Gasteiger partial charge in [0.2, 0.25) is 0 Å². The summed E-state index contributed by atoms with van der Waals surface area (Å²) in [6.07, 6.45) is 4.81. The van der Waals surface area contributed by atoms with Crippen LogP contribution in [-0.4, -0.2) is 26.1 Å². The number of H-pyrrole nitrogens is 2. The molecule has 0 atom stereocenters. The quantitative estimate of drug-likeness (QED) is 0.446. The first-order chi connectivity index (χ1) is 12.8. The van der Waals surface area contributed by atoms with Crippen molar-refractivity contribution in [3.63, 3.8) is 0 Å². The molecule has 0 aliphatic rings. The standard InChI is InChI=1S/C19H13N5OS/c25-19(15-9-20-10-21-15)23-13-5-12-8-22-24-18(12)14(7-13)17-6-11-3-1-2-4-16(11)26-17/h1-10H,(H,20,21)(H,22,24)(H,23,25). The van der Waals surface area contributed by atoms with Crippen LogP contribution in [0.4, 0.5) is 5.69 Å². The van der Waals surface area contributed by atoms with Gasteiger partial charge in [-0.05, 0) is 29.7 Å². The van der Waals surface area contributed by atoms with Crippen molar-refractivity contribution in [2.75, 3.05) is 5.32 Å². The zero-order valence-electron chi connectivity index (χ0n) is 13.5. The fourth-order valence-electron chi connectivity index (χ4n) is 3.02. The highest BCUT2D eigenvalue weighted by atomic mass is 32.1. The summed E-state index contributed by atoms with van der Waals surface area (Å²) in [4.78, 5) is 20.2. The van der Waals surface area contributed by atoms with Crippen molar-refractivity contribution >= 4 is 43.9 Å². The molecule has 3 aromatic heterocycles. The van der Waals surface area contributed by atoms with Gasteiger partial charge in [0.1, 0.15) is 5.69 Å². The Morgan fingerprint density at radius 1 is 1.12 bits per heavy atom. The highest BCUT2D eigenvalue weighted by Gasteiger charge is 2.14. The summed E-state index contributed by atoms with van der Waals surface area (Å²) in [5.74, 6) is -0.253. The molecule has 0 aliphatic heterocycles. The van der Waals surface area contributed by atoms with E-state index < -0.39 is 0 Å². The van der Waals surface area contributed by atoms with E-state index in [1.54, 1.807) is 23.7 Å². The number of thiophene rings is 1. The number of rotatable bonds is 3. The molecule has 0 saturated heterocycles. The minimum Gasteiger partial charge on any atom is -0.350 e. The highest BCUT2D eigenvalue weighted by Crippen LogP contribution is 2.38. The third kappa shape index (κ3) is 2.46. The van der Waals surface area contributed by atoms with Gasteiger partial charge in [0.15, 0.2) is 0 Å². The van der Waals surface area contributed by atoms with Crippen molar-refractivity contribution in [1.29, 1.82) is 0 Å². The summed E-state index contributed by atoms with van der Waals surface area (Å²) >= 11 is 1.72. The number of amides is 1. The van der Waals surface area contributed by atoms with Gasteiger partial charge in [-0.2, -0.15) is 5.10 Å². The number of benzene rings is 2. The van der Waals surface area contributed by atoms with Crippen molar-refractivity contribution in [1.82, 2.24) is 20.2 Å².